The molecule has 138 valence electrons. The lowest BCUT2D eigenvalue weighted by Gasteiger charge is -2.25. The zero-order valence-corrected chi connectivity index (χ0v) is 15.0. The summed E-state index contributed by atoms with van der Waals surface area (Å²) in [5.41, 5.74) is 5.08. The molecule has 4 heterocycles. The zero-order valence-electron chi connectivity index (χ0n) is 15.0. The smallest absolute Gasteiger partial charge is 0.226 e. The van der Waals surface area contributed by atoms with Crippen LogP contribution >= 0.6 is 0 Å². The Morgan fingerprint density at radius 1 is 1.11 bits per heavy atom. The molecule has 1 aliphatic rings. The van der Waals surface area contributed by atoms with E-state index in [-0.39, 0.29) is 11.8 Å². The maximum Gasteiger partial charge on any atom is 0.226 e. The van der Waals surface area contributed by atoms with E-state index in [0.29, 0.717) is 18.8 Å². The van der Waals surface area contributed by atoms with Gasteiger partial charge < -0.3 is 5.32 Å². The molecule has 2 N–H and O–H groups in total. The van der Waals surface area contributed by atoms with Crippen LogP contribution in [0.1, 0.15) is 29.0 Å². The summed E-state index contributed by atoms with van der Waals surface area (Å²) in [6, 6.07) is 14.0. The molecule has 0 bridgehead atoms. The summed E-state index contributed by atoms with van der Waals surface area (Å²) in [5.74, 6) is 0.467. The third-order valence-corrected chi connectivity index (χ3v) is 5.07. The van der Waals surface area contributed by atoms with Crippen molar-refractivity contribution in [3.63, 3.8) is 0 Å². The van der Waals surface area contributed by atoms with Gasteiger partial charge in [-0.05, 0) is 29.3 Å². The predicted octanol–water partition coefficient (Wildman–Crippen LogP) is 3.19. The number of hydrogen-bond acceptors (Lipinski definition) is 4. The van der Waals surface area contributed by atoms with Gasteiger partial charge in [0.15, 0.2) is 5.82 Å². The van der Waals surface area contributed by atoms with Crippen molar-refractivity contribution < 1.29 is 4.79 Å². The SMILES string of the molecule is O=C1C[C@H](c2ccccc2Cn2cccn2)c2c(n[nH]c2-c2cccnc2)N1. The molecule has 1 aromatic carbocycles. The summed E-state index contributed by atoms with van der Waals surface area (Å²) in [4.78, 5) is 16.6. The Labute approximate surface area is 161 Å². The minimum absolute atomic E-state index is 0.0318. The fraction of sp³-hybridized carbons (Fsp3) is 0.143. The van der Waals surface area contributed by atoms with Crippen LogP contribution in [0.2, 0.25) is 0 Å². The van der Waals surface area contributed by atoms with Crippen LogP contribution in [0, 0.1) is 0 Å². The van der Waals surface area contributed by atoms with Crippen molar-refractivity contribution in [2.75, 3.05) is 5.32 Å². The summed E-state index contributed by atoms with van der Waals surface area (Å²) >= 11 is 0. The van der Waals surface area contributed by atoms with Gasteiger partial charge in [-0.15, -0.1) is 0 Å². The fourth-order valence-electron chi connectivity index (χ4n) is 3.84. The Hall–Kier alpha value is -3.74. The van der Waals surface area contributed by atoms with Gasteiger partial charge in [-0.2, -0.15) is 10.2 Å². The average Bonchev–Trinajstić information content (AvgIpc) is 3.38. The topological polar surface area (TPSA) is 88.5 Å². The molecule has 0 radical (unpaired) electrons. The van der Waals surface area contributed by atoms with Gasteiger partial charge in [-0.1, -0.05) is 24.3 Å². The first-order chi connectivity index (χ1) is 13.8. The molecule has 7 heteroatoms. The molecule has 3 aromatic heterocycles. The third kappa shape index (κ3) is 2.87. The highest BCUT2D eigenvalue weighted by Crippen LogP contribution is 2.42. The number of aromatic nitrogens is 5. The number of H-pyrrole nitrogens is 1. The third-order valence-electron chi connectivity index (χ3n) is 5.07. The van der Waals surface area contributed by atoms with Crippen molar-refractivity contribution in [2.24, 2.45) is 0 Å². The minimum atomic E-state index is -0.0931. The van der Waals surface area contributed by atoms with E-state index in [1.807, 2.05) is 41.2 Å². The van der Waals surface area contributed by atoms with Crippen molar-refractivity contribution in [1.82, 2.24) is 25.0 Å². The quantitative estimate of drug-likeness (QED) is 0.577. The minimum Gasteiger partial charge on any atom is -0.309 e. The summed E-state index contributed by atoms with van der Waals surface area (Å²) in [6.07, 6.45) is 7.62. The Morgan fingerprint density at radius 3 is 2.86 bits per heavy atom. The van der Waals surface area contributed by atoms with Crippen molar-refractivity contribution in [3.05, 3.63) is 83.9 Å². The maximum atomic E-state index is 12.4. The predicted molar refractivity (Wildman–Crippen MR) is 105 cm³/mol. The van der Waals surface area contributed by atoms with Crippen LogP contribution in [0.25, 0.3) is 11.3 Å². The van der Waals surface area contributed by atoms with E-state index < -0.39 is 0 Å². The van der Waals surface area contributed by atoms with Crippen LogP contribution in [0.3, 0.4) is 0 Å². The number of hydrogen-bond donors (Lipinski definition) is 2. The normalized spacial score (nSPS) is 15.9. The number of rotatable bonds is 4. The molecule has 4 aromatic rings. The lowest BCUT2D eigenvalue weighted by molar-refractivity contribution is -0.116. The van der Waals surface area contributed by atoms with Crippen LogP contribution in [0.5, 0.6) is 0 Å². The first-order valence-corrected chi connectivity index (χ1v) is 9.13. The molecule has 5 rings (SSSR count). The number of nitrogens with zero attached hydrogens (tertiary/aromatic N) is 4. The van der Waals surface area contributed by atoms with Crippen LogP contribution in [0.4, 0.5) is 5.82 Å². The second kappa shape index (κ2) is 6.77. The van der Waals surface area contributed by atoms with E-state index in [9.17, 15) is 4.79 Å². The van der Waals surface area contributed by atoms with Gasteiger partial charge in [0.05, 0.1) is 12.2 Å². The number of fused-ring (bicyclic) bond motifs is 1. The summed E-state index contributed by atoms with van der Waals surface area (Å²) in [7, 11) is 0. The molecule has 0 spiro atoms. The number of benzene rings is 1. The van der Waals surface area contributed by atoms with Gasteiger partial charge in [-0.25, -0.2) is 0 Å². The van der Waals surface area contributed by atoms with Crippen LogP contribution in [0.15, 0.2) is 67.3 Å². The van der Waals surface area contributed by atoms with Crippen LogP contribution in [-0.4, -0.2) is 30.9 Å². The van der Waals surface area contributed by atoms with E-state index in [1.54, 1.807) is 18.6 Å². The second-order valence-electron chi connectivity index (χ2n) is 6.81. The van der Waals surface area contributed by atoms with Crippen molar-refractivity contribution in [3.8, 4) is 11.3 Å². The van der Waals surface area contributed by atoms with Crippen molar-refractivity contribution in [1.29, 1.82) is 0 Å². The van der Waals surface area contributed by atoms with Gasteiger partial charge >= 0.3 is 0 Å². The number of nitrogens with one attached hydrogen (secondary N) is 2. The van der Waals surface area contributed by atoms with E-state index >= 15 is 0 Å². The van der Waals surface area contributed by atoms with Crippen LogP contribution < -0.4 is 5.32 Å². The molecule has 1 atom stereocenters. The lowest BCUT2D eigenvalue weighted by Crippen LogP contribution is -2.24. The zero-order chi connectivity index (χ0) is 18.9. The Morgan fingerprint density at radius 2 is 2.04 bits per heavy atom. The number of aromatic amines is 1. The van der Waals surface area contributed by atoms with Gasteiger partial charge in [0.25, 0.3) is 0 Å². The van der Waals surface area contributed by atoms with Gasteiger partial charge in [0.2, 0.25) is 5.91 Å². The van der Waals surface area contributed by atoms with E-state index in [1.165, 1.54) is 0 Å². The summed E-state index contributed by atoms with van der Waals surface area (Å²) in [5, 5.41) is 14.7. The Balaban J connectivity index is 1.63. The van der Waals surface area contributed by atoms with E-state index in [2.05, 4.69) is 37.7 Å². The van der Waals surface area contributed by atoms with Gasteiger partial charge in [0.1, 0.15) is 0 Å². The summed E-state index contributed by atoms with van der Waals surface area (Å²) < 4.78 is 1.89. The molecule has 7 nitrogen and oxygen atoms in total. The Kier molecular flexibility index (Phi) is 3.97. The highest BCUT2D eigenvalue weighted by atomic mass is 16.1. The first kappa shape index (κ1) is 16.4. The van der Waals surface area contributed by atoms with E-state index in [0.717, 1.165) is 27.9 Å². The molecular formula is C21H18N6O. The molecule has 0 saturated heterocycles. The molecular weight excluding hydrogens is 352 g/mol. The number of pyridine rings is 1. The molecule has 0 saturated carbocycles. The van der Waals surface area contributed by atoms with E-state index in [4.69, 9.17) is 0 Å². The lowest BCUT2D eigenvalue weighted by atomic mass is 9.82. The molecule has 28 heavy (non-hydrogen) atoms. The summed E-state index contributed by atoms with van der Waals surface area (Å²) in [6.45, 7) is 0.650. The molecule has 0 fully saturated rings. The van der Waals surface area contributed by atoms with Crippen LogP contribution in [-0.2, 0) is 11.3 Å². The number of anilines is 1. The standard InChI is InChI=1S/C21H18N6O/c28-18-11-17(16-7-2-1-5-15(16)13-27-10-4-9-23-27)19-20(25-26-21(19)24-18)14-6-3-8-22-12-14/h1-10,12,17H,11,13H2,(H2,24,25,26,28)/t17-/m1/s1. The number of carbonyl (C=O) groups is 1. The molecule has 1 amide bonds. The highest BCUT2D eigenvalue weighted by Gasteiger charge is 2.33. The van der Waals surface area contributed by atoms with Gasteiger partial charge in [0, 0.05) is 48.3 Å². The Bertz CT molecular complexity index is 1120. The fourth-order valence-corrected chi connectivity index (χ4v) is 3.84. The molecule has 0 aliphatic carbocycles. The number of carbonyl (C=O) groups excluding carboxylic acids is 1. The molecule has 0 unspecified atom stereocenters. The number of amides is 1. The van der Waals surface area contributed by atoms with Gasteiger partial charge in [-0.3, -0.25) is 19.6 Å². The average molecular weight is 370 g/mol. The second-order valence-corrected chi connectivity index (χ2v) is 6.81. The van der Waals surface area contributed by atoms with Crippen molar-refractivity contribution >= 4 is 11.7 Å². The molecule has 1 aliphatic heterocycles. The highest BCUT2D eigenvalue weighted by molar-refractivity contribution is 5.96. The largest absolute Gasteiger partial charge is 0.309 e. The van der Waals surface area contributed by atoms with Crippen molar-refractivity contribution in [2.45, 2.75) is 18.9 Å². The maximum absolute atomic E-state index is 12.4. The monoisotopic (exact) mass is 370 g/mol. The first-order valence-electron chi connectivity index (χ1n) is 9.13.